The fourth-order valence-corrected chi connectivity index (χ4v) is 4.21. The average molecular weight is 322 g/mol. The number of hydrogen-bond donors (Lipinski definition) is 0. The molecule has 23 heavy (non-hydrogen) atoms. The lowest BCUT2D eigenvalue weighted by atomic mass is 9.69. The topological polar surface area (TPSA) is 27.7 Å². The molecule has 3 nitrogen and oxygen atoms in total. The van der Waals surface area contributed by atoms with Crippen LogP contribution in [0.5, 0.6) is 11.5 Å². The van der Waals surface area contributed by atoms with Crippen molar-refractivity contribution in [3.05, 3.63) is 23.8 Å². The Morgan fingerprint density at radius 2 is 2.00 bits per heavy atom. The monoisotopic (exact) mass is 322 g/mol. The van der Waals surface area contributed by atoms with Crippen molar-refractivity contribution < 1.29 is 18.6 Å². The number of hydrogen-bond acceptors (Lipinski definition) is 3. The molecule has 1 heterocycles. The minimum atomic E-state index is -1.20. The number of rotatable bonds is 3. The Hall–Kier alpha value is -1.29. The fraction of sp³-hybridized carbons (Fsp3) is 0.684. The summed E-state index contributed by atoms with van der Waals surface area (Å²) in [7, 11) is 3.25. The zero-order valence-electron chi connectivity index (χ0n) is 14.5. The maximum absolute atomic E-state index is 15.3. The Morgan fingerprint density at radius 1 is 1.22 bits per heavy atom. The van der Waals surface area contributed by atoms with Crippen LogP contribution in [0.4, 0.5) is 4.39 Å². The molecule has 1 unspecified atom stereocenters. The van der Waals surface area contributed by atoms with Crippen LogP contribution in [0.3, 0.4) is 0 Å². The van der Waals surface area contributed by atoms with Crippen LogP contribution >= 0.6 is 0 Å². The van der Waals surface area contributed by atoms with Gasteiger partial charge in [-0.05, 0) is 37.8 Å². The molecule has 1 aliphatic heterocycles. The van der Waals surface area contributed by atoms with Crippen LogP contribution in [0.2, 0.25) is 0 Å². The van der Waals surface area contributed by atoms with E-state index >= 15 is 4.39 Å². The maximum atomic E-state index is 15.3. The molecule has 1 aromatic carbocycles. The van der Waals surface area contributed by atoms with Crippen molar-refractivity contribution in [2.24, 2.45) is 11.8 Å². The molecular weight excluding hydrogens is 295 g/mol. The SMILES string of the molecule is COc1ccc([C@H]2CC(C)(F)[C@@H]3CC[C@@H](C)C[C@H]3O2)c(OC)c1. The first-order valence-electron chi connectivity index (χ1n) is 8.51. The third kappa shape index (κ3) is 3.18. The highest BCUT2D eigenvalue weighted by molar-refractivity contribution is 5.42. The van der Waals surface area contributed by atoms with Gasteiger partial charge >= 0.3 is 0 Å². The lowest BCUT2D eigenvalue weighted by Gasteiger charge is -2.48. The second-order valence-electron chi connectivity index (χ2n) is 7.28. The van der Waals surface area contributed by atoms with E-state index in [2.05, 4.69) is 6.92 Å². The highest BCUT2D eigenvalue weighted by atomic mass is 19.1. The first kappa shape index (κ1) is 16.6. The molecule has 5 atom stereocenters. The van der Waals surface area contributed by atoms with E-state index in [-0.39, 0.29) is 18.1 Å². The Bertz CT molecular complexity index is 558. The molecule has 2 aliphatic rings. The van der Waals surface area contributed by atoms with Gasteiger partial charge in [0.25, 0.3) is 0 Å². The highest BCUT2D eigenvalue weighted by Crippen LogP contribution is 2.50. The van der Waals surface area contributed by atoms with E-state index in [0.717, 1.165) is 30.6 Å². The molecule has 0 spiro atoms. The number of ether oxygens (including phenoxy) is 3. The first-order valence-corrected chi connectivity index (χ1v) is 8.51. The maximum Gasteiger partial charge on any atom is 0.128 e. The van der Waals surface area contributed by atoms with E-state index in [4.69, 9.17) is 14.2 Å². The molecule has 0 amide bonds. The van der Waals surface area contributed by atoms with E-state index < -0.39 is 5.67 Å². The van der Waals surface area contributed by atoms with Gasteiger partial charge in [-0.1, -0.05) is 13.3 Å². The van der Waals surface area contributed by atoms with Crippen LogP contribution < -0.4 is 9.47 Å². The molecule has 1 saturated carbocycles. The Morgan fingerprint density at radius 3 is 2.70 bits per heavy atom. The molecule has 0 bridgehead atoms. The molecule has 0 N–H and O–H groups in total. The quantitative estimate of drug-likeness (QED) is 0.807. The van der Waals surface area contributed by atoms with Crippen molar-refractivity contribution >= 4 is 0 Å². The van der Waals surface area contributed by atoms with Crippen molar-refractivity contribution in [2.75, 3.05) is 14.2 Å². The summed E-state index contributed by atoms with van der Waals surface area (Å²) in [6.45, 7) is 3.97. The van der Waals surface area contributed by atoms with Crippen molar-refractivity contribution in [1.82, 2.24) is 0 Å². The second-order valence-corrected chi connectivity index (χ2v) is 7.28. The highest BCUT2D eigenvalue weighted by Gasteiger charge is 2.49. The zero-order valence-corrected chi connectivity index (χ0v) is 14.5. The average Bonchev–Trinajstić information content (AvgIpc) is 2.52. The summed E-state index contributed by atoms with van der Waals surface area (Å²) in [5, 5.41) is 0. The summed E-state index contributed by atoms with van der Waals surface area (Å²) in [5.41, 5.74) is -0.285. The van der Waals surface area contributed by atoms with Crippen LogP contribution in [-0.2, 0) is 4.74 Å². The molecule has 1 aliphatic carbocycles. The van der Waals surface area contributed by atoms with Gasteiger partial charge in [-0.25, -0.2) is 4.39 Å². The third-order valence-corrected chi connectivity index (χ3v) is 5.54. The normalized spacial score (nSPS) is 37.1. The van der Waals surface area contributed by atoms with E-state index in [1.165, 1.54) is 0 Å². The minimum absolute atomic E-state index is 0.000641. The van der Waals surface area contributed by atoms with E-state index in [1.807, 2.05) is 18.2 Å². The molecule has 3 rings (SSSR count). The second kappa shape index (κ2) is 6.31. The lowest BCUT2D eigenvalue weighted by molar-refractivity contribution is -0.172. The summed E-state index contributed by atoms with van der Waals surface area (Å²) in [5.74, 6) is 2.05. The Balaban J connectivity index is 1.89. The molecule has 0 aromatic heterocycles. The van der Waals surface area contributed by atoms with E-state index in [0.29, 0.717) is 18.1 Å². The fourth-order valence-electron chi connectivity index (χ4n) is 4.21. The van der Waals surface area contributed by atoms with Gasteiger partial charge < -0.3 is 14.2 Å². The lowest BCUT2D eigenvalue weighted by Crippen LogP contribution is -2.49. The van der Waals surface area contributed by atoms with Crippen LogP contribution in [0.15, 0.2) is 18.2 Å². The number of benzene rings is 1. The van der Waals surface area contributed by atoms with Gasteiger partial charge in [0.2, 0.25) is 0 Å². The summed E-state index contributed by atoms with van der Waals surface area (Å²) in [6.07, 6.45) is 3.08. The number of halogens is 1. The molecule has 1 aromatic rings. The number of methoxy groups -OCH3 is 2. The van der Waals surface area contributed by atoms with Gasteiger partial charge in [0.05, 0.1) is 26.4 Å². The summed E-state index contributed by atoms with van der Waals surface area (Å²) in [6, 6.07) is 5.65. The van der Waals surface area contributed by atoms with E-state index in [1.54, 1.807) is 21.1 Å². The smallest absolute Gasteiger partial charge is 0.128 e. The predicted octanol–water partition coefficient (Wildman–Crippen LogP) is 4.70. The molecular formula is C19H27FO3. The van der Waals surface area contributed by atoms with Crippen LogP contribution in [0.1, 0.15) is 51.2 Å². The van der Waals surface area contributed by atoms with Gasteiger partial charge in [-0.3, -0.25) is 0 Å². The summed E-state index contributed by atoms with van der Waals surface area (Å²) >= 11 is 0. The van der Waals surface area contributed by atoms with Crippen LogP contribution in [-0.4, -0.2) is 26.0 Å². The first-order chi connectivity index (χ1) is 10.9. The number of fused-ring (bicyclic) bond motifs is 1. The zero-order chi connectivity index (χ0) is 16.6. The molecule has 1 saturated heterocycles. The third-order valence-electron chi connectivity index (χ3n) is 5.54. The minimum Gasteiger partial charge on any atom is -0.497 e. The van der Waals surface area contributed by atoms with Crippen molar-refractivity contribution in [3.63, 3.8) is 0 Å². The number of alkyl halides is 1. The van der Waals surface area contributed by atoms with Gasteiger partial charge in [0, 0.05) is 24.0 Å². The molecule has 0 radical (unpaired) electrons. The van der Waals surface area contributed by atoms with Gasteiger partial charge in [-0.15, -0.1) is 0 Å². The van der Waals surface area contributed by atoms with Gasteiger partial charge in [0.1, 0.15) is 17.2 Å². The largest absolute Gasteiger partial charge is 0.497 e. The van der Waals surface area contributed by atoms with Gasteiger partial charge in [0.15, 0.2) is 0 Å². The predicted molar refractivity (Wildman–Crippen MR) is 87.8 cm³/mol. The van der Waals surface area contributed by atoms with Gasteiger partial charge in [-0.2, -0.15) is 0 Å². The summed E-state index contributed by atoms with van der Waals surface area (Å²) in [4.78, 5) is 0. The standard InChI is InChI=1S/C19H27FO3/c1-12-5-8-15-17(9-12)23-18(11-19(15,2)20)14-7-6-13(21-3)10-16(14)22-4/h6-7,10,12,15,17-18H,5,8-9,11H2,1-4H3/t12-,15-,17-,18-,19?/m1/s1. The molecule has 128 valence electrons. The Kier molecular flexibility index (Phi) is 4.54. The van der Waals surface area contributed by atoms with E-state index in [9.17, 15) is 0 Å². The van der Waals surface area contributed by atoms with Crippen molar-refractivity contribution in [2.45, 2.75) is 57.4 Å². The van der Waals surface area contributed by atoms with Crippen LogP contribution in [0.25, 0.3) is 0 Å². The van der Waals surface area contributed by atoms with Crippen molar-refractivity contribution in [1.29, 1.82) is 0 Å². The molecule has 2 fully saturated rings. The molecule has 4 heteroatoms. The summed E-state index contributed by atoms with van der Waals surface area (Å²) < 4.78 is 32.4. The van der Waals surface area contributed by atoms with Crippen LogP contribution in [0, 0.1) is 11.8 Å². The Labute approximate surface area is 138 Å². The van der Waals surface area contributed by atoms with Crippen molar-refractivity contribution in [3.8, 4) is 11.5 Å².